The highest BCUT2D eigenvalue weighted by molar-refractivity contribution is 5.36. The van der Waals surface area contributed by atoms with Crippen molar-refractivity contribution in [1.29, 1.82) is 0 Å². The van der Waals surface area contributed by atoms with Gasteiger partial charge in [0.05, 0.1) is 11.7 Å². The molecule has 0 aliphatic heterocycles. The average Bonchev–Trinajstić information content (AvgIpc) is 3.06. The van der Waals surface area contributed by atoms with Crippen molar-refractivity contribution < 1.29 is 15.3 Å². The van der Waals surface area contributed by atoms with Gasteiger partial charge in [-0.15, -0.1) is 0 Å². The highest BCUT2D eigenvalue weighted by Crippen LogP contribution is 2.60. The standard InChI is InChI=1S/C27H44O3/c1-19(18-28)7-5-16-27(4,30)25-14-13-24-21(8-6-15-26(24,25)3)10-11-22-17-23(29)12-9-20(22)2/h10-11,19,23-25,28-30H,2,5-9,12-18H2,1,3-4H3/b21-10?,22-11-/t19?,23-,24?,25-,26-,27+/m0/s1. The topological polar surface area (TPSA) is 60.7 Å². The fourth-order valence-electron chi connectivity index (χ4n) is 6.73. The van der Waals surface area contributed by atoms with Gasteiger partial charge in [-0.1, -0.05) is 50.1 Å². The van der Waals surface area contributed by atoms with Crippen LogP contribution >= 0.6 is 0 Å². The monoisotopic (exact) mass is 416 g/mol. The van der Waals surface area contributed by atoms with Gasteiger partial charge in [0.25, 0.3) is 0 Å². The molecule has 2 unspecified atom stereocenters. The van der Waals surface area contributed by atoms with Crippen LogP contribution < -0.4 is 0 Å². The third-order valence-electron chi connectivity index (χ3n) is 8.59. The lowest BCUT2D eigenvalue weighted by molar-refractivity contribution is -0.0660. The summed E-state index contributed by atoms with van der Waals surface area (Å²) in [7, 11) is 0. The predicted molar refractivity (Wildman–Crippen MR) is 124 cm³/mol. The second kappa shape index (κ2) is 9.71. The molecule has 0 bridgehead atoms. The van der Waals surface area contributed by atoms with Crippen LogP contribution in [0.3, 0.4) is 0 Å². The molecule has 170 valence electrons. The van der Waals surface area contributed by atoms with E-state index in [1.54, 1.807) is 0 Å². The molecule has 0 aromatic rings. The zero-order chi connectivity index (χ0) is 21.9. The van der Waals surface area contributed by atoms with E-state index < -0.39 is 5.60 Å². The van der Waals surface area contributed by atoms with Crippen molar-refractivity contribution in [2.24, 2.45) is 23.2 Å². The lowest BCUT2D eigenvalue weighted by atomic mass is 9.59. The third kappa shape index (κ3) is 5.11. The fraction of sp³-hybridized carbons (Fsp3) is 0.778. The van der Waals surface area contributed by atoms with Crippen molar-refractivity contribution in [2.75, 3.05) is 6.61 Å². The maximum Gasteiger partial charge on any atom is 0.0653 e. The molecule has 3 nitrogen and oxygen atoms in total. The molecule has 0 saturated heterocycles. The molecule has 0 radical (unpaired) electrons. The zero-order valence-electron chi connectivity index (χ0n) is 19.5. The molecule has 3 aliphatic rings. The van der Waals surface area contributed by atoms with Crippen LogP contribution in [0.5, 0.6) is 0 Å². The molecule has 3 rings (SSSR count). The number of fused-ring (bicyclic) bond motifs is 1. The van der Waals surface area contributed by atoms with E-state index >= 15 is 0 Å². The number of allylic oxidation sites excluding steroid dienone is 4. The van der Waals surface area contributed by atoms with Gasteiger partial charge in [0, 0.05) is 6.61 Å². The van der Waals surface area contributed by atoms with Crippen LogP contribution in [0.25, 0.3) is 0 Å². The number of rotatable bonds is 7. The number of hydrogen-bond donors (Lipinski definition) is 3. The van der Waals surface area contributed by atoms with Crippen molar-refractivity contribution in [2.45, 2.75) is 103 Å². The Balaban J connectivity index is 1.72. The fourth-order valence-corrected chi connectivity index (χ4v) is 6.73. The lowest BCUT2D eigenvalue weighted by Crippen LogP contribution is -2.45. The Kier molecular flexibility index (Phi) is 7.69. The Bertz CT molecular complexity index is 674. The Morgan fingerprint density at radius 2 is 2.00 bits per heavy atom. The molecule has 0 spiro atoms. The zero-order valence-corrected chi connectivity index (χ0v) is 19.5. The summed E-state index contributed by atoms with van der Waals surface area (Å²) >= 11 is 0. The minimum Gasteiger partial charge on any atom is -0.396 e. The molecule has 3 N–H and O–H groups in total. The summed E-state index contributed by atoms with van der Waals surface area (Å²) < 4.78 is 0. The van der Waals surface area contributed by atoms with Crippen LogP contribution in [0.15, 0.2) is 35.5 Å². The van der Waals surface area contributed by atoms with Gasteiger partial charge in [0.2, 0.25) is 0 Å². The van der Waals surface area contributed by atoms with Crippen molar-refractivity contribution >= 4 is 0 Å². The Morgan fingerprint density at radius 3 is 2.73 bits per heavy atom. The first kappa shape index (κ1) is 23.8. The molecule has 3 aliphatic carbocycles. The summed E-state index contributed by atoms with van der Waals surface area (Å²) in [6.07, 6.45) is 15.4. The van der Waals surface area contributed by atoms with E-state index in [2.05, 4.69) is 39.5 Å². The van der Waals surface area contributed by atoms with Crippen molar-refractivity contribution in [1.82, 2.24) is 0 Å². The van der Waals surface area contributed by atoms with Crippen molar-refractivity contribution in [3.8, 4) is 0 Å². The van der Waals surface area contributed by atoms with E-state index in [4.69, 9.17) is 0 Å². The van der Waals surface area contributed by atoms with Gasteiger partial charge in [-0.05, 0) is 99.9 Å². The summed E-state index contributed by atoms with van der Waals surface area (Å²) in [5.41, 5.74) is 3.46. The van der Waals surface area contributed by atoms with Crippen LogP contribution in [-0.2, 0) is 0 Å². The first-order valence-electron chi connectivity index (χ1n) is 12.3. The van der Waals surface area contributed by atoms with Gasteiger partial charge in [-0.25, -0.2) is 0 Å². The van der Waals surface area contributed by atoms with E-state index in [1.807, 2.05) is 0 Å². The normalized spacial score (nSPS) is 37.9. The Hall–Kier alpha value is -0.900. The molecule has 0 aromatic carbocycles. The molecule has 0 heterocycles. The SMILES string of the molecule is C=C1CC[C@H](O)C/C1=C/C=C1CCC[C@@]2(C)C1CC[C@@H]2[C@](C)(O)CCCC(C)CO. The smallest absolute Gasteiger partial charge is 0.0653 e. The number of aliphatic hydroxyl groups is 3. The maximum atomic E-state index is 11.5. The minimum absolute atomic E-state index is 0.164. The minimum atomic E-state index is -0.638. The largest absolute Gasteiger partial charge is 0.396 e. The molecule has 3 fully saturated rings. The Labute approximate surface area is 184 Å². The first-order valence-corrected chi connectivity index (χ1v) is 12.3. The van der Waals surface area contributed by atoms with Gasteiger partial charge in [0.1, 0.15) is 0 Å². The summed E-state index contributed by atoms with van der Waals surface area (Å²) in [6, 6.07) is 0. The predicted octanol–water partition coefficient (Wildman–Crippen LogP) is 5.71. The molecular weight excluding hydrogens is 372 g/mol. The second-order valence-corrected chi connectivity index (χ2v) is 11.0. The number of hydrogen-bond acceptors (Lipinski definition) is 3. The summed E-state index contributed by atoms with van der Waals surface area (Å²) in [4.78, 5) is 0. The van der Waals surface area contributed by atoms with Crippen LogP contribution in [-0.4, -0.2) is 33.6 Å². The number of aliphatic hydroxyl groups excluding tert-OH is 2. The van der Waals surface area contributed by atoms with E-state index in [1.165, 1.54) is 36.0 Å². The average molecular weight is 417 g/mol. The summed E-state index contributed by atoms with van der Waals surface area (Å²) in [6.45, 7) is 11.0. The molecule has 3 heteroatoms. The van der Waals surface area contributed by atoms with Gasteiger partial charge in [-0.2, -0.15) is 0 Å². The molecule has 6 atom stereocenters. The third-order valence-corrected chi connectivity index (χ3v) is 8.59. The van der Waals surface area contributed by atoms with E-state index in [0.717, 1.165) is 51.4 Å². The van der Waals surface area contributed by atoms with Crippen molar-refractivity contribution in [3.05, 3.63) is 35.5 Å². The summed E-state index contributed by atoms with van der Waals surface area (Å²) in [5.74, 6) is 1.21. The van der Waals surface area contributed by atoms with Gasteiger partial charge < -0.3 is 15.3 Å². The highest BCUT2D eigenvalue weighted by Gasteiger charge is 2.54. The molecule has 30 heavy (non-hydrogen) atoms. The van der Waals surface area contributed by atoms with E-state index in [0.29, 0.717) is 17.8 Å². The Morgan fingerprint density at radius 1 is 1.23 bits per heavy atom. The maximum absolute atomic E-state index is 11.5. The van der Waals surface area contributed by atoms with Crippen LogP contribution in [0.1, 0.15) is 91.4 Å². The molecular formula is C27H44O3. The first-order chi connectivity index (χ1) is 14.2. The van der Waals surface area contributed by atoms with Crippen LogP contribution in [0.4, 0.5) is 0 Å². The second-order valence-electron chi connectivity index (χ2n) is 11.0. The van der Waals surface area contributed by atoms with Crippen LogP contribution in [0.2, 0.25) is 0 Å². The molecule has 0 aromatic heterocycles. The molecule has 0 amide bonds. The van der Waals surface area contributed by atoms with Crippen LogP contribution in [0, 0.1) is 23.2 Å². The quantitative estimate of drug-likeness (QED) is 0.498. The van der Waals surface area contributed by atoms with Crippen molar-refractivity contribution in [3.63, 3.8) is 0 Å². The van der Waals surface area contributed by atoms with E-state index in [9.17, 15) is 15.3 Å². The van der Waals surface area contributed by atoms with Gasteiger partial charge in [-0.3, -0.25) is 0 Å². The highest BCUT2D eigenvalue weighted by atomic mass is 16.3. The summed E-state index contributed by atoms with van der Waals surface area (Å²) in [5, 5.41) is 30.8. The van der Waals surface area contributed by atoms with Gasteiger partial charge in [0.15, 0.2) is 0 Å². The van der Waals surface area contributed by atoms with E-state index in [-0.39, 0.29) is 18.1 Å². The lowest BCUT2D eigenvalue weighted by Gasteiger charge is -2.47. The van der Waals surface area contributed by atoms with Gasteiger partial charge >= 0.3 is 0 Å². The molecule has 3 saturated carbocycles.